The first-order valence-electron chi connectivity index (χ1n) is 37.9. The fourth-order valence-corrected chi connectivity index (χ4v) is 20.6. The van der Waals surface area contributed by atoms with Gasteiger partial charge < -0.3 is 173 Å². The second kappa shape index (κ2) is 32.5. The van der Waals surface area contributed by atoms with Crippen LogP contribution in [-0.4, -0.2) is 363 Å². The SMILES string of the molecule is CC(=O)O[C@@H]1[C@H](O[C@@H]2O[C@H](CO)[C@@H](O)[C@H](O)[C@H]2O)[C@@H](O[C@@H]2O[C@@H](C)[C@H](O[C@@H]3OC[C@@H](O)[C@H](O)[C@H]3O)[C@@H](O)[C@H]2O)[C@H](OC(=O)[C@]23CCC(C)(C)C[C@H]2C2=CC[C@@H]4[C@@]5(C)CC[C@H](O[C@@H]6O[C@H](C(=O)O)[C@@H](O)[C@H](O[C@@H]7OC[C@@H](O)[C@H](O)[C@H]7O)[C@H]6O[C@@H]6O[C@H](CO)[C@H](O)[C@H](O)[C@H]6O)[C@@](C)(C=O)[C@@H]5CC[C@@]4(C)[C@]2(C)C[C@H]3O)O[C@@H]1C. The molecule has 11 fully saturated rings. The highest BCUT2D eigenvalue weighted by Gasteiger charge is 2.73. The van der Waals surface area contributed by atoms with Crippen molar-refractivity contribution in [3.05, 3.63) is 11.6 Å². The molecule has 12 aliphatic rings. The number of carbonyl (C=O) groups excluding carboxylic acids is 3. The molecule has 4 saturated carbocycles. The van der Waals surface area contributed by atoms with Gasteiger partial charge in [-0.15, -0.1) is 0 Å². The summed E-state index contributed by atoms with van der Waals surface area (Å²) < 4.78 is 91.4. The van der Waals surface area contributed by atoms with Gasteiger partial charge in [-0.05, 0) is 111 Å². The number of hydrogen-bond donors (Lipinski definition) is 19. The predicted molar refractivity (Wildman–Crippen MR) is 358 cm³/mol. The van der Waals surface area contributed by atoms with Crippen molar-refractivity contribution < 1.29 is 187 Å². The Balaban J connectivity index is 0.851. The molecule has 5 aliphatic carbocycles. The van der Waals surface area contributed by atoms with E-state index in [1.54, 1.807) is 6.92 Å². The molecule has 19 N–H and O–H groups in total. The van der Waals surface area contributed by atoms with E-state index < -0.39 is 304 Å². The highest BCUT2D eigenvalue weighted by atomic mass is 16.8. The van der Waals surface area contributed by atoms with Gasteiger partial charge in [-0.3, -0.25) is 9.59 Å². The quantitative estimate of drug-likeness (QED) is 0.0247. The first kappa shape index (κ1) is 85.9. The van der Waals surface area contributed by atoms with E-state index >= 15 is 4.79 Å². The zero-order chi connectivity index (χ0) is 80.5. The number of aldehydes is 1. The Bertz CT molecular complexity index is 3260. The second-order valence-corrected chi connectivity index (χ2v) is 34.2. The van der Waals surface area contributed by atoms with Crippen molar-refractivity contribution >= 4 is 24.2 Å². The summed E-state index contributed by atoms with van der Waals surface area (Å²) >= 11 is 0. The molecule has 0 radical (unpaired) electrons. The normalized spacial score (nSPS) is 53.7. The Kier molecular flexibility index (Phi) is 25.4. The molecule has 0 spiro atoms. The van der Waals surface area contributed by atoms with Crippen molar-refractivity contribution in [2.75, 3.05) is 26.4 Å². The molecule has 110 heavy (non-hydrogen) atoms. The minimum absolute atomic E-state index is 0.0325. The number of aliphatic hydroxyl groups is 18. The lowest BCUT2D eigenvalue weighted by molar-refractivity contribution is -0.392. The molecule has 0 bridgehead atoms. The van der Waals surface area contributed by atoms with E-state index in [1.165, 1.54) is 13.8 Å². The summed E-state index contributed by atoms with van der Waals surface area (Å²) in [6.45, 7) is 13.0. The number of allylic oxidation sites excluding steroid dienone is 2. The number of hydrogen-bond acceptors (Lipinski definition) is 37. The van der Waals surface area contributed by atoms with Crippen LogP contribution in [0.5, 0.6) is 0 Å². The smallest absolute Gasteiger partial charge is 0.335 e. The Morgan fingerprint density at radius 3 is 1.54 bits per heavy atom. The number of ether oxygens (including phenoxy) is 15. The van der Waals surface area contributed by atoms with Crippen LogP contribution in [0, 0.1) is 50.2 Å². The summed E-state index contributed by atoms with van der Waals surface area (Å²) in [7, 11) is 0. The molecule has 0 aromatic heterocycles. The number of aliphatic carboxylic acids is 1. The zero-order valence-corrected chi connectivity index (χ0v) is 62.5. The van der Waals surface area contributed by atoms with Gasteiger partial charge in [0, 0.05) is 6.92 Å². The van der Waals surface area contributed by atoms with Crippen LogP contribution in [0.4, 0.5) is 0 Å². The van der Waals surface area contributed by atoms with Crippen LogP contribution in [0.2, 0.25) is 0 Å². The number of rotatable bonds is 19. The third-order valence-electron chi connectivity index (χ3n) is 27.1. The Hall–Kier alpha value is -3.42. The maximum Gasteiger partial charge on any atom is 0.335 e. The van der Waals surface area contributed by atoms with Crippen LogP contribution in [-0.2, 0) is 90.2 Å². The van der Waals surface area contributed by atoms with Gasteiger partial charge in [0.05, 0.1) is 56.3 Å². The van der Waals surface area contributed by atoms with Crippen molar-refractivity contribution in [2.24, 2.45) is 50.2 Å². The molecule has 0 amide bonds. The van der Waals surface area contributed by atoms with Crippen molar-refractivity contribution in [3.8, 4) is 0 Å². The van der Waals surface area contributed by atoms with E-state index in [9.17, 15) is 111 Å². The predicted octanol–water partition coefficient (Wildman–Crippen LogP) is -6.42. The second-order valence-electron chi connectivity index (χ2n) is 34.2. The summed E-state index contributed by atoms with van der Waals surface area (Å²) in [5, 5.41) is 209. The van der Waals surface area contributed by atoms with Crippen LogP contribution in [0.15, 0.2) is 11.6 Å². The fraction of sp³-hybridized carbons (Fsp3) is 0.917. The number of esters is 2. The molecule has 38 nitrogen and oxygen atoms in total. The molecule has 0 unspecified atom stereocenters. The lowest BCUT2D eigenvalue weighted by Gasteiger charge is -2.71. The molecule has 0 aromatic rings. The summed E-state index contributed by atoms with van der Waals surface area (Å²) in [6, 6.07) is 0. The molecule has 12 rings (SSSR count). The van der Waals surface area contributed by atoms with Crippen LogP contribution in [0.1, 0.15) is 120 Å². The third-order valence-corrected chi connectivity index (χ3v) is 27.1. The maximum absolute atomic E-state index is 16.3. The van der Waals surface area contributed by atoms with Crippen LogP contribution in [0.25, 0.3) is 0 Å². The number of carboxylic acid groups (broad SMARTS) is 1. The molecule has 0 aromatic carbocycles. The van der Waals surface area contributed by atoms with Gasteiger partial charge in [0.1, 0.15) is 140 Å². The van der Waals surface area contributed by atoms with Gasteiger partial charge in [-0.2, -0.15) is 0 Å². The van der Waals surface area contributed by atoms with Crippen LogP contribution < -0.4 is 0 Å². The largest absolute Gasteiger partial charge is 0.479 e. The fourth-order valence-electron chi connectivity index (χ4n) is 20.6. The minimum atomic E-state index is -2.24. The monoisotopic (exact) mass is 1580 g/mol. The summed E-state index contributed by atoms with van der Waals surface area (Å²) in [4.78, 5) is 56.7. The van der Waals surface area contributed by atoms with Gasteiger partial charge in [0.2, 0.25) is 6.29 Å². The maximum atomic E-state index is 16.3. The van der Waals surface area contributed by atoms with E-state index in [1.807, 2.05) is 13.8 Å². The Morgan fingerprint density at radius 1 is 0.491 bits per heavy atom. The molecular weight excluding hydrogens is 1470 g/mol. The van der Waals surface area contributed by atoms with Crippen molar-refractivity contribution in [2.45, 2.75) is 335 Å². The Morgan fingerprint density at radius 2 is 0.991 bits per heavy atom. The van der Waals surface area contributed by atoms with E-state index in [0.717, 1.165) is 18.8 Å². The lowest BCUT2D eigenvalue weighted by atomic mass is 9.33. The minimum Gasteiger partial charge on any atom is -0.479 e. The zero-order valence-electron chi connectivity index (χ0n) is 62.5. The van der Waals surface area contributed by atoms with Crippen molar-refractivity contribution in [1.29, 1.82) is 0 Å². The molecule has 43 atom stereocenters. The van der Waals surface area contributed by atoms with Gasteiger partial charge >= 0.3 is 17.9 Å². The summed E-state index contributed by atoms with van der Waals surface area (Å²) in [5.41, 5.74) is -5.31. The number of fused-ring (bicyclic) bond motifs is 7. The van der Waals surface area contributed by atoms with Gasteiger partial charge in [0.25, 0.3) is 0 Å². The summed E-state index contributed by atoms with van der Waals surface area (Å²) in [6.07, 6.45) is -59.1. The van der Waals surface area contributed by atoms with Crippen molar-refractivity contribution in [3.63, 3.8) is 0 Å². The van der Waals surface area contributed by atoms with Crippen LogP contribution >= 0.6 is 0 Å². The average Bonchev–Trinajstić information content (AvgIpc) is 0.669. The number of carboxylic acids is 1. The first-order chi connectivity index (χ1) is 51.6. The Labute approximate surface area is 632 Å². The van der Waals surface area contributed by atoms with Crippen LogP contribution in [0.3, 0.4) is 0 Å². The standard InChI is InChI=1S/C72H112O38/c1-25-51(104-59-45(87)38(80)30(77)22-96-59)44(86)49(91)61(98-25)109-57-55(107-62-47(89)42(84)40(82)32(20-73)101-62)52(100-27(3)76)26(2)99-64(57)110-66(95)72-17-16-67(4,5)18-29(72)28-10-11-35-68(6)14-13-37(69(7,24-75)34(68)12-15-70(35,8)71(28,9)19-36(72)79)103-65-56(108-63-48(90)43(85)41(83)33(21-74)102-63)53(50(92)54(106-65)58(93)94)105-60-46(88)39(81)31(78)23-97-60/h10,24-26,29-57,59-65,73-74,77-92H,11-23H2,1-9H3,(H,93,94)/t25-,26+,29-,30+,31+,32+,33+,34+,35+,36+,37-,38-,39-,40+,41-,42-,43-,44-,45+,46+,47+,48+,49+,50-,51-,52-,53-,54-,55-,56+,57+,59-,60-,61-,62-,63-,64-,65+,68-,69-,70+,71+,72+/m0/s1. The third kappa shape index (κ3) is 14.9. The lowest BCUT2D eigenvalue weighted by Crippen LogP contribution is -2.70. The molecule has 7 saturated heterocycles. The molecule has 38 heteroatoms. The molecule has 7 aliphatic heterocycles. The van der Waals surface area contributed by atoms with E-state index in [-0.39, 0.29) is 25.2 Å². The molecular formula is C72H112O38. The van der Waals surface area contributed by atoms with Gasteiger partial charge in [-0.25, -0.2) is 4.79 Å². The van der Waals surface area contributed by atoms with E-state index in [2.05, 4.69) is 26.8 Å². The topological polar surface area (TPSA) is 591 Å². The highest BCUT2D eigenvalue weighted by Crippen LogP contribution is 2.76. The average molecular weight is 1590 g/mol. The number of carbonyl (C=O) groups is 4. The molecule has 7 heterocycles. The van der Waals surface area contributed by atoms with Crippen molar-refractivity contribution in [1.82, 2.24) is 0 Å². The first-order valence-corrected chi connectivity index (χ1v) is 37.9. The van der Waals surface area contributed by atoms with E-state index in [0.29, 0.717) is 38.5 Å². The highest BCUT2D eigenvalue weighted by molar-refractivity contribution is 5.80. The van der Waals surface area contributed by atoms with E-state index in [4.69, 9.17) is 71.1 Å². The number of aliphatic hydroxyl groups excluding tert-OH is 18. The summed E-state index contributed by atoms with van der Waals surface area (Å²) in [5.74, 6) is -5.27. The molecule has 628 valence electrons. The van der Waals surface area contributed by atoms with Gasteiger partial charge in [-0.1, -0.05) is 53.2 Å². The van der Waals surface area contributed by atoms with Gasteiger partial charge in [0.15, 0.2) is 56.1 Å².